The van der Waals surface area contributed by atoms with E-state index in [1.165, 1.54) is 0 Å². The van der Waals surface area contributed by atoms with E-state index in [0.29, 0.717) is 5.75 Å². The van der Waals surface area contributed by atoms with E-state index in [2.05, 4.69) is 15.9 Å². The Morgan fingerprint density at radius 2 is 2.00 bits per heavy atom. The molecule has 1 rings (SSSR count). The molecule has 0 aliphatic rings. The zero-order chi connectivity index (χ0) is 8.81. The van der Waals surface area contributed by atoms with E-state index in [4.69, 9.17) is 14.3 Å². The van der Waals surface area contributed by atoms with Gasteiger partial charge in [0.15, 0.2) is 0 Å². The molecule has 0 unspecified atom stereocenters. The zero-order valence-electron chi connectivity index (χ0n) is 6.31. The second-order valence-electron chi connectivity index (χ2n) is 2.01. The van der Waals surface area contributed by atoms with Gasteiger partial charge in [-0.2, -0.15) is 0 Å². The third-order valence-corrected chi connectivity index (χ3v) is 1.45. The number of hydrogen-bond acceptors (Lipinski definition) is 3. The van der Waals surface area contributed by atoms with E-state index >= 15 is 0 Å². The Balaban J connectivity index is 2.41. The number of para-hydroxylation sites is 1. The Labute approximate surface area is 79.6 Å². The third-order valence-electron chi connectivity index (χ3n) is 1.19. The summed E-state index contributed by atoms with van der Waals surface area (Å²) in [6.45, 7) is 0. The summed E-state index contributed by atoms with van der Waals surface area (Å²) < 4.78 is 9.65. The molecule has 0 aliphatic heterocycles. The average molecular weight is 231 g/mol. The van der Waals surface area contributed by atoms with E-state index in [1.807, 2.05) is 18.2 Å². The maximum absolute atomic E-state index is 9.03. The number of alkyl halides is 1. The summed E-state index contributed by atoms with van der Waals surface area (Å²) in [5, 5.41) is 9.03. The molecule has 0 spiro atoms. The van der Waals surface area contributed by atoms with Gasteiger partial charge in [0.1, 0.15) is 5.75 Å². The minimum Gasteiger partial charge on any atom is -0.512 e. The van der Waals surface area contributed by atoms with Gasteiger partial charge < -0.3 is 14.3 Å². The van der Waals surface area contributed by atoms with E-state index in [0.717, 1.165) is 0 Å². The smallest absolute Gasteiger partial charge is 0.512 e. The van der Waals surface area contributed by atoms with Crippen LogP contribution in [0.15, 0.2) is 30.3 Å². The van der Waals surface area contributed by atoms with Crippen molar-refractivity contribution >= 4 is 23.3 Å². The van der Waals surface area contributed by atoms with Crippen molar-refractivity contribution in [2.45, 2.75) is 0 Å². The molecule has 1 N–H and O–H groups in total. The van der Waals surface area contributed by atoms with Crippen LogP contribution in [-0.4, -0.2) is 17.9 Å². The topological polar surface area (TPSA) is 38.7 Å². The van der Waals surface area contributed by atoms with Crippen molar-refractivity contribution in [1.82, 2.24) is 0 Å². The van der Waals surface area contributed by atoms with Crippen LogP contribution in [0.4, 0.5) is 0 Å². The molecule has 64 valence electrons. The molecule has 5 heteroatoms. The summed E-state index contributed by atoms with van der Waals surface area (Å²) in [4.78, 5) is 0. The highest BCUT2D eigenvalue weighted by atomic mass is 79.9. The largest absolute Gasteiger partial charge is 0.710 e. The Hall–Kier alpha value is -0.515. The van der Waals surface area contributed by atoms with E-state index in [-0.39, 0.29) is 5.52 Å². The fourth-order valence-corrected chi connectivity index (χ4v) is 0.930. The Kier molecular flexibility index (Phi) is 4.14. The van der Waals surface area contributed by atoms with Gasteiger partial charge in [-0.1, -0.05) is 34.1 Å². The molecule has 0 bridgehead atoms. The summed E-state index contributed by atoms with van der Waals surface area (Å²) >= 11 is 3.00. The van der Waals surface area contributed by atoms with Crippen molar-refractivity contribution < 1.29 is 14.3 Å². The molecule has 3 nitrogen and oxygen atoms in total. The van der Waals surface area contributed by atoms with Gasteiger partial charge in [0, 0.05) is 0 Å². The minimum absolute atomic E-state index is 0.237. The Morgan fingerprint density at radius 3 is 2.58 bits per heavy atom. The lowest BCUT2D eigenvalue weighted by atomic mass is 10.2. The van der Waals surface area contributed by atoms with Crippen LogP contribution in [0.3, 0.4) is 0 Å². The summed E-state index contributed by atoms with van der Waals surface area (Å²) in [5.41, 5.74) is 0.237. The lowest BCUT2D eigenvalue weighted by molar-refractivity contribution is 0.231. The predicted molar refractivity (Wildman–Crippen MR) is 49.9 cm³/mol. The zero-order valence-corrected chi connectivity index (χ0v) is 7.90. The lowest BCUT2D eigenvalue weighted by Crippen LogP contribution is -2.25. The normalized spacial score (nSPS) is 9.50. The van der Waals surface area contributed by atoms with Crippen LogP contribution in [0.2, 0.25) is 0 Å². The van der Waals surface area contributed by atoms with Crippen molar-refractivity contribution in [1.29, 1.82) is 0 Å². The van der Waals surface area contributed by atoms with Crippen LogP contribution >= 0.6 is 15.9 Å². The molecule has 1 aromatic rings. The van der Waals surface area contributed by atoms with Gasteiger partial charge in [0.05, 0.1) is 5.52 Å². The first-order valence-corrected chi connectivity index (χ1v) is 4.52. The number of benzene rings is 1. The Morgan fingerprint density at radius 1 is 1.33 bits per heavy atom. The molecule has 0 heterocycles. The molecule has 0 saturated heterocycles. The number of rotatable bonds is 4. The molecule has 0 fully saturated rings. The molecule has 0 saturated carbocycles. The van der Waals surface area contributed by atoms with Crippen molar-refractivity contribution in [2.24, 2.45) is 0 Å². The second-order valence-corrected chi connectivity index (χ2v) is 2.47. The van der Waals surface area contributed by atoms with Gasteiger partial charge >= 0.3 is 7.32 Å². The van der Waals surface area contributed by atoms with Gasteiger partial charge in [-0.15, -0.1) is 0 Å². The molecule has 0 atom stereocenters. The first kappa shape index (κ1) is 9.57. The fourth-order valence-electron chi connectivity index (χ4n) is 0.703. The maximum atomic E-state index is 9.03. The minimum atomic E-state index is -1.22. The second kappa shape index (κ2) is 5.19. The van der Waals surface area contributed by atoms with E-state index in [1.54, 1.807) is 12.1 Å². The molecule has 0 aromatic heterocycles. The molecule has 1 aromatic carbocycles. The molecule has 12 heavy (non-hydrogen) atoms. The van der Waals surface area contributed by atoms with Crippen LogP contribution < -0.4 is 4.65 Å². The summed E-state index contributed by atoms with van der Waals surface area (Å²) in [5.74, 6) is 0.575. The SMILES string of the molecule is OB(OCBr)Oc1ccccc1. The van der Waals surface area contributed by atoms with Crippen molar-refractivity contribution in [2.75, 3.05) is 5.52 Å². The van der Waals surface area contributed by atoms with Gasteiger partial charge in [0.2, 0.25) is 0 Å². The quantitative estimate of drug-likeness (QED) is 0.628. The number of hydrogen-bond donors (Lipinski definition) is 1. The first-order chi connectivity index (χ1) is 5.83. The van der Waals surface area contributed by atoms with Crippen LogP contribution in [0.1, 0.15) is 0 Å². The van der Waals surface area contributed by atoms with Crippen LogP contribution in [0.25, 0.3) is 0 Å². The van der Waals surface area contributed by atoms with Crippen LogP contribution in [0.5, 0.6) is 5.75 Å². The number of halogens is 1. The predicted octanol–water partition coefficient (Wildman–Crippen LogP) is 1.41. The summed E-state index contributed by atoms with van der Waals surface area (Å²) in [6.07, 6.45) is 0. The van der Waals surface area contributed by atoms with Gasteiger partial charge in [-0.3, -0.25) is 0 Å². The Bertz CT molecular complexity index is 219. The molecule has 0 radical (unpaired) electrons. The average Bonchev–Trinajstić information content (AvgIpc) is 2.06. The van der Waals surface area contributed by atoms with Crippen LogP contribution in [0, 0.1) is 0 Å². The summed E-state index contributed by atoms with van der Waals surface area (Å²) in [7, 11) is -1.22. The molecule has 0 amide bonds. The van der Waals surface area contributed by atoms with Crippen molar-refractivity contribution in [3.8, 4) is 5.75 Å². The van der Waals surface area contributed by atoms with Gasteiger partial charge in [0.25, 0.3) is 0 Å². The van der Waals surface area contributed by atoms with Crippen molar-refractivity contribution in [3.63, 3.8) is 0 Å². The molecule has 0 aliphatic carbocycles. The molecular weight excluding hydrogens is 223 g/mol. The lowest BCUT2D eigenvalue weighted by Gasteiger charge is -2.06. The molecular formula is C7H8BBrO3. The van der Waals surface area contributed by atoms with E-state index < -0.39 is 7.32 Å². The highest BCUT2D eigenvalue weighted by Gasteiger charge is 2.16. The maximum Gasteiger partial charge on any atom is 0.710 e. The van der Waals surface area contributed by atoms with E-state index in [9.17, 15) is 0 Å². The summed E-state index contributed by atoms with van der Waals surface area (Å²) in [6, 6.07) is 8.97. The van der Waals surface area contributed by atoms with Gasteiger partial charge in [-0.05, 0) is 12.1 Å². The fraction of sp³-hybridized carbons (Fsp3) is 0.143. The van der Waals surface area contributed by atoms with Gasteiger partial charge in [-0.25, -0.2) is 0 Å². The first-order valence-electron chi connectivity index (χ1n) is 3.40. The monoisotopic (exact) mass is 230 g/mol. The standard InChI is InChI=1S/C7H8BBrO3/c9-6-11-8(10)12-7-4-2-1-3-5-7/h1-5,10H,6H2. The van der Waals surface area contributed by atoms with Crippen molar-refractivity contribution in [3.05, 3.63) is 30.3 Å². The highest BCUT2D eigenvalue weighted by molar-refractivity contribution is 9.09. The van der Waals surface area contributed by atoms with Crippen LogP contribution in [-0.2, 0) is 4.65 Å². The highest BCUT2D eigenvalue weighted by Crippen LogP contribution is 2.09. The third kappa shape index (κ3) is 3.25.